The molecule has 2 aliphatic rings. The van der Waals surface area contributed by atoms with Crippen molar-refractivity contribution >= 4 is 28.7 Å². The number of ketones is 2. The lowest BCUT2D eigenvalue weighted by Gasteiger charge is -2.36. The van der Waals surface area contributed by atoms with Gasteiger partial charge in [-0.05, 0) is 72.5 Å². The molecular weight excluding hydrogens is 679 g/mol. The van der Waals surface area contributed by atoms with Crippen molar-refractivity contribution in [3.05, 3.63) is 130 Å². The summed E-state index contributed by atoms with van der Waals surface area (Å²) in [5, 5.41) is 22.5. The molecule has 4 aromatic rings. The first-order chi connectivity index (χ1) is 26.4. The third kappa shape index (κ3) is 10.4. The summed E-state index contributed by atoms with van der Waals surface area (Å²) in [6.45, 7) is 9.97. The Balaban J connectivity index is 1.00. The highest BCUT2D eigenvalue weighted by molar-refractivity contribution is 6.12. The number of carbonyl (C=O) groups excluding carboxylic acids is 2. The van der Waals surface area contributed by atoms with Gasteiger partial charge in [-0.3, -0.25) is 19.4 Å². The molecule has 2 aliphatic heterocycles. The lowest BCUT2D eigenvalue weighted by Crippen LogP contribution is -2.46. The number of benzene rings is 4. The molecule has 2 fully saturated rings. The maximum Gasteiger partial charge on any atom is 0.167 e. The van der Waals surface area contributed by atoms with Gasteiger partial charge in [0.2, 0.25) is 0 Å². The van der Waals surface area contributed by atoms with E-state index in [-0.39, 0.29) is 24.8 Å². The predicted molar refractivity (Wildman–Crippen MR) is 215 cm³/mol. The smallest absolute Gasteiger partial charge is 0.167 e. The summed E-state index contributed by atoms with van der Waals surface area (Å²) in [6, 6.07) is 31.5. The van der Waals surface area contributed by atoms with Crippen molar-refractivity contribution in [2.24, 2.45) is 5.16 Å². The second-order valence-electron chi connectivity index (χ2n) is 14.1. The second kappa shape index (κ2) is 19.5. The molecule has 0 atom stereocenters. The highest BCUT2D eigenvalue weighted by atomic mass is 16.6. The molecule has 0 aliphatic carbocycles. The molecule has 0 unspecified atom stereocenters. The van der Waals surface area contributed by atoms with Gasteiger partial charge in [-0.15, -0.1) is 0 Å². The van der Waals surface area contributed by atoms with Crippen LogP contribution in [0.2, 0.25) is 0 Å². The van der Waals surface area contributed by atoms with Gasteiger partial charge in [0.1, 0.15) is 12.8 Å². The topological polar surface area (TPSA) is 109 Å². The number of aliphatic hydroxyl groups is 2. The number of anilines is 2. The molecule has 6 rings (SSSR count). The zero-order chi connectivity index (χ0) is 37.7. The fraction of sp³-hybridized carbons (Fsp3) is 0.386. The van der Waals surface area contributed by atoms with Crippen molar-refractivity contribution in [2.75, 3.05) is 95.6 Å². The Labute approximate surface area is 319 Å². The van der Waals surface area contributed by atoms with Gasteiger partial charge in [-0.2, -0.15) is 0 Å². The van der Waals surface area contributed by atoms with E-state index < -0.39 is 0 Å². The summed E-state index contributed by atoms with van der Waals surface area (Å²) in [4.78, 5) is 41.1. The first-order valence-corrected chi connectivity index (χ1v) is 19.2. The zero-order valence-corrected chi connectivity index (χ0v) is 31.4. The van der Waals surface area contributed by atoms with Crippen LogP contribution in [0.15, 0.2) is 102 Å². The Bertz CT molecular complexity index is 1680. The zero-order valence-electron chi connectivity index (χ0n) is 31.4. The molecule has 54 heavy (non-hydrogen) atoms. The monoisotopic (exact) mass is 731 g/mol. The molecule has 0 spiro atoms. The van der Waals surface area contributed by atoms with Crippen LogP contribution in [-0.2, 0) is 17.7 Å². The fourth-order valence-electron chi connectivity index (χ4n) is 7.26. The summed E-state index contributed by atoms with van der Waals surface area (Å²) in [7, 11) is 1.52. The molecule has 2 saturated heterocycles. The molecular formula is C44H53N5O5. The van der Waals surface area contributed by atoms with Crippen molar-refractivity contribution in [3.8, 4) is 0 Å². The third-order valence-electron chi connectivity index (χ3n) is 10.5. The Hall–Kier alpha value is -4.87. The SMILES string of the molecule is CON=C(c1ccc(CC(=O)c2ccc(N3CCN(CCCO)CC3)cc2)cc1)c1ccc(CC(=O)c2ccc(N3CCN(CCCO)CC3)cc2)cc1. The Morgan fingerprint density at radius 3 is 1.22 bits per heavy atom. The minimum atomic E-state index is 0.0688. The number of rotatable bonds is 17. The molecule has 0 amide bonds. The Morgan fingerprint density at radius 1 is 0.537 bits per heavy atom. The van der Waals surface area contributed by atoms with Crippen LogP contribution < -0.4 is 9.80 Å². The van der Waals surface area contributed by atoms with Gasteiger partial charge < -0.3 is 24.9 Å². The number of carbonyl (C=O) groups is 2. The minimum absolute atomic E-state index is 0.0688. The van der Waals surface area contributed by atoms with Crippen LogP contribution in [-0.4, -0.2) is 123 Å². The van der Waals surface area contributed by atoms with E-state index in [1.165, 1.54) is 7.11 Å². The number of oxime groups is 1. The molecule has 2 N–H and O–H groups in total. The van der Waals surface area contributed by atoms with Crippen LogP contribution in [0.4, 0.5) is 11.4 Å². The van der Waals surface area contributed by atoms with E-state index in [0.717, 1.165) is 112 Å². The second-order valence-corrected chi connectivity index (χ2v) is 14.1. The maximum atomic E-state index is 13.2. The van der Waals surface area contributed by atoms with Crippen molar-refractivity contribution in [1.82, 2.24) is 9.80 Å². The van der Waals surface area contributed by atoms with E-state index in [1.54, 1.807) is 0 Å². The summed E-state index contributed by atoms with van der Waals surface area (Å²) < 4.78 is 0. The number of hydrogen-bond donors (Lipinski definition) is 2. The summed E-state index contributed by atoms with van der Waals surface area (Å²) >= 11 is 0. The number of Topliss-reactive ketones (excluding diaryl/α,β-unsaturated/α-hetero) is 2. The lowest BCUT2D eigenvalue weighted by atomic mass is 9.96. The lowest BCUT2D eigenvalue weighted by molar-refractivity contribution is 0.0985. The van der Waals surface area contributed by atoms with E-state index in [2.05, 4.69) is 24.8 Å². The van der Waals surface area contributed by atoms with Crippen LogP contribution in [0.1, 0.15) is 55.8 Å². The molecule has 2 heterocycles. The number of piperazine rings is 2. The van der Waals surface area contributed by atoms with Gasteiger partial charge >= 0.3 is 0 Å². The quantitative estimate of drug-likeness (QED) is 0.0887. The van der Waals surface area contributed by atoms with Gasteiger partial charge in [-0.1, -0.05) is 53.7 Å². The molecule has 10 heteroatoms. The molecule has 4 aromatic carbocycles. The highest BCUT2D eigenvalue weighted by Gasteiger charge is 2.19. The van der Waals surface area contributed by atoms with E-state index in [0.29, 0.717) is 29.7 Å². The van der Waals surface area contributed by atoms with Crippen molar-refractivity contribution in [3.63, 3.8) is 0 Å². The van der Waals surface area contributed by atoms with Gasteiger partial charge in [-0.25, -0.2) is 0 Å². The largest absolute Gasteiger partial charge is 0.399 e. The van der Waals surface area contributed by atoms with Crippen molar-refractivity contribution in [1.29, 1.82) is 0 Å². The van der Waals surface area contributed by atoms with E-state index in [1.807, 2.05) is 97.1 Å². The van der Waals surface area contributed by atoms with Gasteiger partial charge in [0.05, 0.1) is 0 Å². The molecule has 0 radical (unpaired) electrons. The first kappa shape index (κ1) is 38.8. The van der Waals surface area contributed by atoms with Crippen LogP contribution in [0, 0.1) is 0 Å². The maximum absolute atomic E-state index is 13.2. The van der Waals surface area contributed by atoms with Crippen molar-refractivity contribution in [2.45, 2.75) is 25.7 Å². The minimum Gasteiger partial charge on any atom is -0.399 e. The fourth-order valence-corrected chi connectivity index (χ4v) is 7.26. The first-order valence-electron chi connectivity index (χ1n) is 19.2. The predicted octanol–water partition coefficient (Wildman–Crippen LogP) is 4.95. The third-order valence-corrected chi connectivity index (χ3v) is 10.5. The van der Waals surface area contributed by atoms with E-state index in [4.69, 9.17) is 15.1 Å². The van der Waals surface area contributed by atoms with Crippen LogP contribution in [0.5, 0.6) is 0 Å². The van der Waals surface area contributed by atoms with E-state index >= 15 is 0 Å². The molecule has 284 valence electrons. The van der Waals surface area contributed by atoms with E-state index in [9.17, 15) is 9.59 Å². The van der Waals surface area contributed by atoms with Crippen LogP contribution in [0.25, 0.3) is 0 Å². The normalized spacial score (nSPS) is 15.2. The molecule has 0 bridgehead atoms. The van der Waals surface area contributed by atoms with Gasteiger partial charge in [0.15, 0.2) is 11.6 Å². The van der Waals surface area contributed by atoms with Crippen LogP contribution >= 0.6 is 0 Å². The molecule has 0 aromatic heterocycles. The molecule has 0 saturated carbocycles. The number of hydrogen-bond acceptors (Lipinski definition) is 10. The number of nitrogens with zero attached hydrogens (tertiary/aromatic N) is 5. The highest BCUT2D eigenvalue weighted by Crippen LogP contribution is 2.22. The number of aliphatic hydroxyl groups excluding tert-OH is 2. The standard InChI is InChI=1S/C44H53N5O5/c1-54-45-44(38-8-4-34(5-9-38)32-42(52)36-12-16-40(17-13-36)48-26-22-46(23-27-48)20-2-30-50)39-10-6-35(7-11-39)33-43(53)37-14-18-41(19-15-37)49-28-24-47(25-29-49)21-3-31-51/h4-19,50-51H,2-3,20-33H2,1H3. The molecule has 10 nitrogen and oxygen atoms in total. The average Bonchev–Trinajstić information content (AvgIpc) is 3.22. The van der Waals surface area contributed by atoms with Gasteiger partial charge in [0.25, 0.3) is 0 Å². The summed E-state index contributed by atoms with van der Waals surface area (Å²) in [6.07, 6.45) is 2.22. The Morgan fingerprint density at radius 2 is 0.889 bits per heavy atom. The van der Waals surface area contributed by atoms with Crippen LogP contribution in [0.3, 0.4) is 0 Å². The Kier molecular flexibility index (Phi) is 14.0. The summed E-state index contributed by atoms with van der Waals surface area (Å²) in [5.41, 5.74) is 7.89. The van der Waals surface area contributed by atoms with Crippen molar-refractivity contribution < 1.29 is 24.6 Å². The summed E-state index contributed by atoms with van der Waals surface area (Å²) in [5.74, 6) is 0.138. The van der Waals surface area contributed by atoms with Gasteiger partial charge in [0, 0.05) is 125 Å². The average molecular weight is 732 g/mol.